The lowest BCUT2D eigenvalue weighted by Crippen LogP contribution is -2.53. The molecule has 2 unspecified atom stereocenters. The molecule has 7 nitrogen and oxygen atoms in total. The summed E-state index contributed by atoms with van der Waals surface area (Å²) >= 11 is 0. The summed E-state index contributed by atoms with van der Waals surface area (Å²) in [4.78, 5) is 40.0. The van der Waals surface area contributed by atoms with Crippen molar-refractivity contribution in [1.29, 1.82) is 0 Å². The Morgan fingerprint density at radius 1 is 1.12 bits per heavy atom. The molecule has 2 atom stereocenters. The van der Waals surface area contributed by atoms with Crippen molar-refractivity contribution in [1.82, 2.24) is 15.5 Å². The van der Waals surface area contributed by atoms with E-state index in [1.807, 2.05) is 6.92 Å². The lowest BCUT2D eigenvalue weighted by molar-refractivity contribution is -0.139. The molecule has 1 aromatic rings. The number of alkyl carbamates (subject to hydrolysis) is 1. The quantitative estimate of drug-likeness (QED) is 0.340. The number of nitrogens with one attached hydrogen (secondary N) is 2. The zero-order valence-corrected chi connectivity index (χ0v) is 20.4. The van der Waals surface area contributed by atoms with Gasteiger partial charge in [0.15, 0.2) is 0 Å². The third-order valence-electron chi connectivity index (χ3n) is 4.71. The summed E-state index contributed by atoms with van der Waals surface area (Å²) in [7, 11) is 0. The zero-order chi connectivity index (χ0) is 25.2. The monoisotopic (exact) mass is 453 g/mol. The molecule has 0 saturated heterocycles. The molecule has 1 aromatic carbocycles. The van der Waals surface area contributed by atoms with E-state index in [0.29, 0.717) is 17.7 Å². The Balaban J connectivity index is 3.31. The first-order valence-corrected chi connectivity index (χ1v) is 11.1. The summed E-state index contributed by atoms with van der Waals surface area (Å²) in [6.45, 7) is 11.2. The van der Waals surface area contributed by atoms with E-state index in [1.54, 1.807) is 58.9 Å². The lowest BCUT2D eigenvalue weighted by Gasteiger charge is -2.31. The van der Waals surface area contributed by atoms with Crippen LogP contribution in [0.3, 0.4) is 0 Å². The summed E-state index contributed by atoms with van der Waals surface area (Å²) in [5.41, 5.74) is 0.407. The summed E-state index contributed by atoms with van der Waals surface area (Å²) < 4.78 is 5.29. The molecule has 0 aliphatic rings. The van der Waals surface area contributed by atoms with Crippen molar-refractivity contribution in [2.75, 3.05) is 6.54 Å². The summed E-state index contributed by atoms with van der Waals surface area (Å²) in [6, 6.07) is 6.96. The number of hydrogen-bond donors (Lipinski definition) is 2. The topological polar surface area (TPSA) is 87.7 Å². The van der Waals surface area contributed by atoms with Gasteiger partial charge in [-0.3, -0.25) is 14.5 Å². The maximum Gasteiger partial charge on any atom is 0.408 e. The second-order valence-electron chi connectivity index (χ2n) is 9.02. The minimum absolute atomic E-state index is 0.312. The molecule has 3 amide bonds. The van der Waals surface area contributed by atoms with Crippen LogP contribution in [-0.4, -0.2) is 41.0 Å². The molecule has 0 heterocycles. The Morgan fingerprint density at radius 2 is 1.73 bits per heavy atom. The molecule has 0 aliphatic heterocycles. The molecular formula is C26H35N3O4. The van der Waals surface area contributed by atoms with E-state index in [0.717, 1.165) is 17.7 Å². The van der Waals surface area contributed by atoms with Crippen molar-refractivity contribution in [3.8, 4) is 24.8 Å². The van der Waals surface area contributed by atoms with Crippen LogP contribution < -0.4 is 10.6 Å². The minimum Gasteiger partial charge on any atom is -0.444 e. The van der Waals surface area contributed by atoms with Gasteiger partial charge in [-0.25, -0.2) is 4.79 Å². The van der Waals surface area contributed by atoms with E-state index in [1.165, 1.54) is 0 Å². The second-order valence-corrected chi connectivity index (χ2v) is 9.02. The molecule has 7 heteroatoms. The molecule has 0 aromatic heterocycles. The Kier molecular flexibility index (Phi) is 10.5. The Hall–Kier alpha value is -3.45. The van der Waals surface area contributed by atoms with Crippen LogP contribution in [0, 0.1) is 30.7 Å². The van der Waals surface area contributed by atoms with Crippen molar-refractivity contribution in [3.05, 3.63) is 35.4 Å². The fourth-order valence-electron chi connectivity index (χ4n) is 3.03. The number of terminal acetylenes is 2. The molecule has 178 valence electrons. The summed E-state index contributed by atoms with van der Waals surface area (Å²) in [6.07, 6.45) is 12.1. The van der Waals surface area contributed by atoms with Crippen molar-refractivity contribution in [2.24, 2.45) is 5.92 Å². The van der Waals surface area contributed by atoms with E-state index >= 15 is 0 Å². The first kappa shape index (κ1) is 27.6. The van der Waals surface area contributed by atoms with Gasteiger partial charge in [0.25, 0.3) is 5.91 Å². The van der Waals surface area contributed by atoms with Gasteiger partial charge in [0, 0.05) is 18.2 Å². The standard InChI is InChI=1S/C26H35N3O4/c1-9-12-17-27-23(30)22(20-15-13-19(10-2)14-16-20)29(11-3)24(31)21(18(4)5)28-25(32)33-26(6,7)8/h2-3,13-16,18,21-22H,9,12,17H2,1,4-8H3,(H,27,30)(H,28,32). The van der Waals surface area contributed by atoms with Crippen molar-refractivity contribution in [3.63, 3.8) is 0 Å². The van der Waals surface area contributed by atoms with Gasteiger partial charge in [-0.15, -0.1) is 6.42 Å². The average molecular weight is 454 g/mol. The fraction of sp³-hybridized carbons (Fsp3) is 0.500. The zero-order valence-electron chi connectivity index (χ0n) is 20.4. The lowest BCUT2D eigenvalue weighted by atomic mass is 9.98. The van der Waals surface area contributed by atoms with Crippen molar-refractivity contribution < 1.29 is 19.1 Å². The molecule has 33 heavy (non-hydrogen) atoms. The smallest absolute Gasteiger partial charge is 0.408 e. The van der Waals surface area contributed by atoms with Crippen LogP contribution in [0.1, 0.15) is 71.6 Å². The molecule has 1 rings (SSSR count). The van der Waals surface area contributed by atoms with Crippen LogP contribution in [0.2, 0.25) is 0 Å². The Labute approximate surface area is 197 Å². The predicted octanol–water partition coefficient (Wildman–Crippen LogP) is 3.59. The molecule has 0 saturated carbocycles. The summed E-state index contributed by atoms with van der Waals surface area (Å²) in [5.74, 6) is 1.21. The third kappa shape index (κ3) is 8.54. The van der Waals surface area contributed by atoms with Gasteiger partial charge in [-0.2, -0.15) is 0 Å². The molecule has 0 spiro atoms. The minimum atomic E-state index is -1.09. The average Bonchev–Trinajstić information content (AvgIpc) is 2.74. The van der Waals surface area contributed by atoms with Crippen LogP contribution >= 0.6 is 0 Å². The highest BCUT2D eigenvalue weighted by Gasteiger charge is 2.37. The molecule has 0 aliphatic carbocycles. The van der Waals surface area contributed by atoms with E-state index in [9.17, 15) is 14.4 Å². The number of ether oxygens (including phenoxy) is 1. The van der Waals surface area contributed by atoms with Gasteiger partial charge in [-0.05, 0) is 50.8 Å². The number of benzene rings is 1. The maximum absolute atomic E-state index is 13.5. The van der Waals surface area contributed by atoms with Crippen LogP contribution in [0.15, 0.2) is 24.3 Å². The van der Waals surface area contributed by atoms with Gasteiger partial charge < -0.3 is 15.4 Å². The van der Waals surface area contributed by atoms with Crippen molar-refractivity contribution in [2.45, 2.75) is 72.1 Å². The Morgan fingerprint density at radius 3 is 2.18 bits per heavy atom. The molecule has 2 N–H and O–H groups in total. The highest BCUT2D eigenvalue weighted by Crippen LogP contribution is 2.24. The van der Waals surface area contributed by atoms with Crippen LogP contribution in [0.4, 0.5) is 4.79 Å². The number of unbranched alkanes of at least 4 members (excludes halogenated alkanes) is 1. The summed E-state index contributed by atoms with van der Waals surface area (Å²) in [5, 5.41) is 5.44. The van der Waals surface area contributed by atoms with Gasteiger partial charge in [-0.1, -0.05) is 51.7 Å². The molecule has 0 fully saturated rings. The number of carbonyl (C=O) groups excluding carboxylic acids is 3. The number of nitrogens with zero attached hydrogens (tertiary/aromatic N) is 1. The van der Waals surface area contributed by atoms with Gasteiger partial charge >= 0.3 is 6.09 Å². The van der Waals surface area contributed by atoms with Crippen LogP contribution in [0.25, 0.3) is 0 Å². The number of carbonyl (C=O) groups is 3. The molecule has 0 radical (unpaired) electrons. The Bertz CT molecular complexity index is 901. The SMILES string of the molecule is C#Cc1ccc(C(C(=O)NCCCC)N(C#C)C(=O)C(NC(=O)OC(C)(C)C)C(C)C)cc1. The largest absolute Gasteiger partial charge is 0.444 e. The molecular weight excluding hydrogens is 418 g/mol. The van der Waals surface area contributed by atoms with Gasteiger partial charge in [0.2, 0.25) is 5.91 Å². The molecule has 0 bridgehead atoms. The predicted molar refractivity (Wildman–Crippen MR) is 129 cm³/mol. The van der Waals surface area contributed by atoms with Crippen LogP contribution in [-0.2, 0) is 14.3 Å². The van der Waals surface area contributed by atoms with E-state index in [-0.39, 0.29) is 5.92 Å². The normalized spacial score (nSPS) is 12.6. The number of rotatable bonds is 9. The van der Waals surface area contributed by atoms with E-state index in [2.05, 4.69) is 22.6 Å². The van der Waals surface area contributed by atoms with Crippen LogP contribution in [0.5, 0.6) is 0 Å². The maximum atomic E-state index is 13.5. The number of hydrogen-bond acceptors (Lipinski definition) is 4. The first-order chi connectivity index (χ1) is 15.4. The van der Waals surface area contributed by atoms with E-state index < -0.39 is 35.6 Å². The van der Waals surface area contributed by atoms with E-state index in [4.69, 9.17) is 17.6 Å². The second kappa shape index (κ2) is 12.6. The fourth-order valence-corrected chi connectivity index (χ4v) is 3.03. The number of amides is 3. The first-order valence-electron chi connectivity index (χ1n) is 11.1. The highest BCUT2D eigenvalue weighted by atomic mass is 16.6. The van der Waals surface area contributed by atoms with Gasteiger partial charge in [0.05, 0.1) is 0 Å². The van der Waals surface area contributed by atoms with Crippen molar-refractivity contribution >= 4 is 17.9 Å². The van der Waals surface area contributed by atoms with Gasteiger partial charge in [0.1, 0.15) is 17.7 Å². The highest BCUT2D eigenvalue weighted by molar-refractivity contribution is 5.93. The third-order valence-corrected chi connectivity index (χ3v) is 4.71.